The van der Waals surface area contributed by atoms with Crippen molar-refractivity contribution in [1.82, 2.24) is 0 Å². The smallest absolute Gasteiger partial charge is 0.142 e. The lowest BCUT2D eigenvalue weighted by molar-refractivity contribution is 0.177. The number of aliphatic hydroxyl groups is 1. The van der Waals surface area contributed by atoms with Crippen molar-refractivity contribution in [2.75, 3.05) is 0 Å². The van der Waals surface area contributed by atoms with Gasteiger partial charge in [-0.3, -0.25) is 0 Å². The maximum absolute atomic E-state index is 13.4. The van der Waals surface area contributed by atoms with Crippen LogP contribution in [-0.4, -0.2) is 5.11 Å². The summed E-state index contributed by atoms with van der Waals surface area (Å²) in [4.78, 5) is 0. The monoisotopic (exact) mass is 454 g/mol. The van der Waals surface area contributed by atoms with Gasteiger partial charge in [-0.05, 0) is 64.0 Å². The van der Waals surface area contributed by atoms with Gasteiger partial charge >= 0.3 is 0 Å². The molecule has 0 spiro atoms. The molecule has 0 aliphatic heterocycles. The van der Waals surface area contributed by atoms with Crippen LogP contribution in [0.25, 0.3) is 0 Å². The molecule has 2 aromatic carbocycles. The average molecular weight is 455 g/mol. The van der Waals surface area contributed by atoms with E-state index < -0.39 is 11.9 Å². The summed E-state index contributed by atoms with van der Waals surface area (Å²) in [7, 11) is 0. The first-order valence-corrected chi connectivity index (χ1v) is 7.79. The highest BCUT2D eigenvalue weighted by atomic mass is 127. The van der Waals surface area contributed by atoms with Crippen molar-refractivity contribution in [3.63, 3.8) is 0 Å². The van der Waals surface area contributed by atoms with Crippen molar-refractivity contribution in [2.45, 2.75) is 12.5 Å². The summed E-state index contributed by atoms with van der Waals surface area (Å²) in [6.07, 6.45) is -0.328. The Morgan fingerprint density at radius 1 is 1.26 bits per heavy atom. The highest BCUT2D eigenvalue weighted by molar-refractivity contribution is 14.1. The van der Waals surface area contributed by atoms with Crippen molar-refractivity contribution in [3.05, 3.63) is 66.4 Å². The average Bonchev–Trinajstić information content (AvgIpc) is 2.36. The van der Waals surface area contributed by atoms with Gasteiger partial charge in [-0.2, -0.15) is 0 Å². The van der Waals surface area contributed by atoms with E-state index in [1.807, 2.05) is 18.2 Å². The third-order valence-corrected chi connectivity index (χ3v) is 4.51. The first-order valence-electron chi connectivity index (χ1n) is 5.54. The number of halogens is 4. The maximum atomic E-state index is 13.4. The summed E-state index contributed by atoms with van der Waals surface area (Å²) in [5, 5.41) is 10.4. The van der Waals surface area contributed by atoms with Gasteiger partial charge in [-0.25, -0.2) is 4.39 Å². The Kier molecular flexibility index (Phi) is 5.22. The van der Waals surface area contributed by atoms with E-state index in [0.29, 0.717) is 12.0 Å². The van der Waals surface area contributed by atoms with Gasteiger partial charge in [0.05, 0.1) is 11.1 Å². The van der Waals surface area contributed by atoms with E-state index in [4.69, 9.17) is 11.6 Å². The summed E-state index contributed by atoms with van der Waals surface area (Å²) in [5.41, 5.74) is 1.54. The molecule has 1 nitrogen and oxygen atoms in total. The number of rotatable bonds is 3. The lowest BCUT2D eigenvalue weighted by Crippen LogP contribution is -2.04. The largest absolute Gasteiger partial charge is 0.388 e. The molecule has 0 bridgehead atoms. The molecule has 1 N–H and O–H groups in total. The minimum atomic E-state index is -0.676. The Labute approximate surface area is 138 Å². The van der Waals surface area contributed by atoms with Gasteiger partial charge in [0.2, 0.25) is 0 Å². The molecule has 0 saturated carbocycles. The fourth-order valence-corrected chi connectivity index (χ4v) is 2.96. The third-order valence-electron chi connectivity index (χ3n) is 2.73. The molecule has 1 atom stereocenters. The van der Waals surface area contributed by atoms with E-state index in [-0.39, 0.29) is 5.02 Å². The second-order valence-electron chi connectivity index (χ2n) is 4.13. The van der Waals surface area contributed by atoms with Crippen LogP contribution < -0.4 is 0 Å². The van der Waals surface area contributed by atoms with E-state index in [1.165, 1.54) is 12.1 Å². The molecular formula is C14H10BrClFIO. The second-order valence-corrected chi connectivity index (χ2v) is 6.62. The van der Waals surface area contributed by atoms with Gasteiger partial charge < -0.3 is 5.11 Å². The van der Waals surface area contributed by atoms with E-state index >= 15 is 0 Å². The predicted octanol–water partition coefficient (Wildman–Crippen LogP) is 5.12. The Bertz CT molecular complexity index is 606. The van der Waals surface area contributed by atoms with Gasteiger partial charge in [-0.15, -0.1) is 0 Å². The van der Waals surface area contributed by atoms with Gasteiger partial charge in [0, 0.05) is 14.5 Å². The molecule has 0 saturated heterocycles. The van der Waals surface area contributed by atoms with Crippen LogP contribution in [0.5, 0.6) is 0 Å². The zero-order chi connectivity index (χ0) is 14.0. The molecule has 19 heavy (non-hydrogen) atoms. The summed E-state index contributed by atoms with van der Waals surface area (Å²) < 4.78 is 15.2. The first kappa shape index (κ1) is 15.2. The minimum absolute atomic E-state index is 0.0928. The normalized spacial score (nSPS) is 12.5. The Morgan fingerprint density at radius 3 is 2.68 bits per heavy atom. The summed E-state index contributed by atoms with van der Waals surface area (Å²) in [5.74, 6) is -0.463. The molecule has 0 aliphatic carbocycles. The third kappa shape index (κ3) is 3.90. The zero-order valence-electron chi connectivity index (χ0n) is 9.71. The molecule has 1 unspecified atom stereocenters. The molecule has 0 aromatic heterocycles. The molecule has 0 aliphatic rings. The van der Waals surface area contributed by atoms with Crippen LogP contribution in [0.3, 0.4) is 0 Å². The molecule has 2 aromatic rings. The van der Waals surface area contributed by atoms with Crippen molar-refractivity contribution in [2.24, 2.45) is 0 Å². The predicted molar refractivity (Wildman–Crippen MR) is 86.9 cm³/mol. The van der Waals surface area contributed by atoms with Crippen molar-refractivity contribution in [1.29, 1.82) is 0 Å². The Balaban J connectivity index is 2.22. The molecule has 0 heterocycles. The van der Waals surface area contributed by atoms with E-state index in [9.17, 15) is 9.50 Å². The fourth-order valence-electron chi connectivity index (χ4n) is 1.77. The van der Waals surface area contributed by atoms with E-state index in [1.54, 1.807) is 6.07 Å². The fraction of sp³-hybridized carbons (Fsp3) is 0.143. The number of aliphatic hydroxyl groups excluding tert-OH is 1. The van der Waals surface area contributed by atoms with Crippen LogP contribution in [0.15, 0.2) is 40.9 Å². The van der Waals surface area contributed by atoms with Crippen molar-refractivity contribution in [3.8, 4) is 0 Å². The van der Waals surface area contributed by atoms with Crippen LogP contribution >= 0.6 is 50.1 Å². The van der Waals surface area contributed by atoms with E-state index in [2.05, 4.69) is 38.5 Å². The maximum Gasteiger partial charge on any atom is 0.142 e. The standard InChI is InChI=1S/C14H10BrClFIO/c15-9-2-4-13(18)10(7-9)14(19)6-8-1-3-11(16)12(17)5-8/h1-5,7,14,19H,6H2. The quantitative estimate of drug-likeness (QED) is 0.637. The van der Waals surface area contributed by atoms with Crippen molar-refractivity contribution < 1.29 is 9.50 Å². The zero-order valence-corrected chi connectivity index (χ0v) is 14.2. The summed E-state index contributed by atoms with van der Waals surface area (Å²) >= 11 is 11.2. The SMILES string of the molecule is OC(Cc1ccc(Cl)c(F)c1)c1cc(Br)ccc1I. The Hall–Kier alpha value is -0.170. The highest BCUT2D eigenvalue weighted by Crippen LogP contribution is 2.27. The highest BCUT2D eigenvalue weighted by Gasteiger charge is 2.13. The lowest BCUT2D eigenvalue weighted by Gasteiger charge is -2.14. The van der Waals surface area contributed by atoms with Gasteiger partial charge in [0.15, 0.2) is 0 Å². The number of benzene rings is 2. The van der Waals surface area contributed by atoms with Gasteiger partial charge in [0.1, 0.15) is 5.82 Å². The molecule has 0 amide bonds. The summed E-state index contributed by atoms with van der Waals surface area (Å²) in [6, 6.07) is 10.3. The second kappa shape index (κ2) is 6.52. The van der Waals surface area contributed by atoms with Crippen LogP contribution in [0.1, 0.15) is 17.2 Å². The molecule has 0 fully saturated rings. The molecule has 100 valence electrons. The van der Waals surface area contributed by atoms with Crippen molar-refractivity contribution >= 4 is 50.1 Å². The van der Waals surface area contributed by atoms with E-state index in [0.717, 1.165) is 13.6 Å². The lowest BCUT2D eigenvalue weighted by atomic mass is 10.0. The molecule has 0 radical (unpaired) electrons. The van der Waals surface area contributed by atoms with Gasteiger partial charge in [0.25, 0.3) is 0 Å². The molecule has 2 rings (SSSR count). The molecule has 5 heteroatoms. The van der Waals surface area contributed by atoms with Crippen LogP contribution in [0, 0.1) is 9.39 Å². The first-order chi connectivity index (χ1) is 8.97. The van der Waals surface area contributed by atoms with Crippen LogP contribution in [-0.2, 0) is 6.42 Å². The topological polar surface area (TPSA) is 20.2 Å². The summed E-state index contributed by atoms with van der Waals surface area (Å²) in [6.45, 7) is 0. The number of hydrogen-bond donors (Lipinski definition) is 1. The van der Waals surface area contributed by atoms with Gasteiger partial charge in [-0.1, -0.05) is 33.6 Å². The molecular weight excluding hydrogens is 445 g/mol. The van der Waals surface area contributed by atoms with Crippen LogP contribution in [0.4, 0.5) is 4.39 Å². The number of hydrogen-bond acceptors (Lipinski definition) is 1. The minimum Gasteiger partial charge on any atom is -0.388 e. The van der Waals surface area contributed by atoms with Crippen LogP contribution in [0.2, 0.25) is 5.02 Å². The Morgan fingerprint density at radius 2 is 2.00 bits per heavy atom.